The molecule has 0 atom stereocenters. The van der Waals surface area contributed by atoms with Crippen molar-refractivity contribution < 1.29 is 24.6 Å². The monoisotopic (exact) mass is 232 g/mol. The first kappa shape index (κ1) is 11.1. The summed E-state index contributed by atoms with van der Waals surface area (Å²) in [4.78, 5) is 33.7. The Morgan fingerprint density at radius 1 is 1.18 bits per heavy atom. The lowest BCUT2D eigenvalue weighted by Crippen LogP contribution is -2.06. The van der Waals surface area contributed by atoms with Crippen LogP contribution in [0.5, 0.6) is 0 Å². The van der Waals surface area contributed by atoms with Gasteiger partial charge in [0.15, 0.2) is 5.78 Å². The molecule has 5 nitrogen and oxygen atoms in total. The van der Waals surface area contributed by atoms with Gasteiger partial charge in [0.25, 0.3) is 0 Å². The molecular weight excluding hydrogens is 224 g/mol. The van der Waals surface area contributed by atoms with Crippen LogP contribution >= 0.6 is 0 Å². The number of hydrogen-bond acceptors (Lipinski definition) is 4. The number of benzene rings is 1. The van der Waals surface area contributed by atoms with Crippen LogP contribution in [0.3, 0.4) is 0 Å². The van der Waals surface area contributed by atoms with Gasteiger partial charge < -0.3 is 10.2 Å². The van der Waals surface area contributed by atoms with Gasteiger partial charge in [0.05, 0.1) is 5.56 Å². The Hall–Kier alpha value is -2.43. The molecule has 1 aliphatic rings. The van der Waals surface area contributed by atoms with E-state index >= 15 is 0 Å². The number of carbonyl (C=O) groups is 3. The van der Waals surface area contributed by atoms with E-state index in [4.69, 9.17) is 5.11 Å². The van der Waals surface area contributed by atoms with E-state index in [1.54, 1.807) is 0 Å². The fourth-order valence-corrected chi connectivity index (χ4v) is 1.77. The minimum Gasteiger partial charge on any atom is -0.506 e. The van der Waals surface area contributed by atoms with Crippen LogP contribution in [0, 0.1) is 0 Å². The van der Waals surface area contributed by atoms with Crippen molar-refractivity contribution in [1.82, 2.24) is 0 Å². The largest absolute Gasteiger partial charge is 0.506 e. The molecule has 0 saturated carbocycles. The first-order valence-electron chi connectivity index (χ1n) is 4.80. The van der Waals surface area contributed by atoms with Crippen molar-refractivity contribution in [2.24, 2.45) is 0 Å². The van der Waals surface area contributed by atoms with E-state index in [-0.39, 0.29) is 22.3 Å². The average molecular weight is 232 g/mol. The maximum atomic E-state index is 11.7. The highest BCUT2D eigenvalue weighted by Crippen LogP contribution is 2.32. The second kappa shape index (κ2) is 3.55. The van der Waals surface area contributed by atoms with Crippen molar-refractivity contribution >= 4 is 23.3 Å². The summed E-state index contributed by atoms with van der Waals surface area (Å²) in [5, 5.41) is 18.5. The van der Waals surface area contributed by atoms with Crippen molar-refractivity contribution in [2.45, 2.75) is 6.92 Å². The molecule has 1 aromatic carbocycles. The standard InChI is InChI=1S/C12H8O5/c1-5(13)9-10(14)7-3-2-6(12(16)17)4-8(7)11(9)15/h2-4,15H,1H3,(H,16,17). The van der Waals surface area contributed by atoms with Gasteiger partial charge in [-0.2, -0.15) is 0 Å². The number of carboxylic acids is 1. The van der Waals surface area contributed by atoms with Gasteiger partial charge in [0.2, 0.25) is 5.78 Å². The number of aliphatic hydroxyl groups excluding tert-OH is 1. The topological polar surface area (TPSA) is 91.7 Å². The SMILES string of the molecule is CC(=O)C1=C(O)c2cc(C(=O)O)ccc2C1=O. The van der Waals surface area contributed by atoms with Crippen LogP contribution in [0.15, 0.2) is 23.8 Å². The number of hydrogen-bond donors (Lipinski definition) is 2. The predicted octanol–water partition coefficient (Wildman–Crippen LogP) is 1.44. The predicted molar refractivity (Wildman–Crippen MR) is 58.0 cm³/mol. The average Bonchev–Trinajstić information content (AvgIpc) is 2.51. The highest BCUT2D eigenvalue weighted by Gasteiger charge is 2.32. The summed E-state index contributed by atoms with van der Waals surface area (Å²) < 4.78 is 0. The maximum absolute atomic E-state index is 11.7. The molecule has 0 saturated heterocycles. The second-order valence-electron chi connectivity index (χ2n) is 3.67. The Morgan fingerprint density at radius 2 is 1.82 bits per heavy atom. The molecule has 5 heteroatoms. The Morgan fingerprint density at radius 3 is 2.35 bits per heavy atom. The molecule has 0 unspecified atom stereocenters. The van der Waals surface area contributed by atoms with Crippen LogP contribution in [0.2, 0.25) is 0 Å². The summed E-state index contributed by atoms with van der Waals surface area (Å²) >= 11 is 0. The molecule has 1 aromatic rings. The van der Waals surface area contributed by atoms with Crippen LogP contribution in [-0.2, 0) is 4.79 Å². The van der Waals surface area contributed by atoms with Gasteiger partial charge in [-0.3, -0.25) is 9.59 Å². The molecule has 0 bridgehead atoms. The molecule has 2 N–H and O–H groups in total. The number of ketones is 2. The quantitative estimate of drug-likeness (QED) is 0.752. The van der Waals surface area contributed by atoms with E-state index < -0.39 is 23.3 Å². The van der Waals surface area contributed by atoms with Crippen molar-refractivity contribution in [3.05, 3.63) is 40.5 Å². The van der Waals surface area contributed by atoms with Crippen LogP contribution in [0.4, 0.5) is 0 Å². The van der Waals surface area contributed by atoms with E-state index in [1.165, 1.54) is 25.1 Å². The summed E-state index contributed by atoms with van der Waals surface area (Å²) in [5.74, 6) is -2.72. The number of aromatic carboxylic acids is 1. The zero-order valence-electron chi connectivity index (χ0n) is 8.85. The third-order valence-electron chi connectivity index (χ3n) is 2.58. The van der Waals surface area contributed by atoms with Crippen molar-refractivity contribution in [3.63, 3.8) is 0 Å². The van der Waals surface area contributed by atoms with E-state index in [2.05, 4.69) is 0 Å². The van der Waals surface area contributed by atoms with Gasteiger partial charge in [-0.25, -0.2) is 4.79 Å². The zero-order chi connectivity index (χ0) is 12.7. The van der Waals surface area contributed by atoms with E-state index in [0.717, 1.165) is 0 Å². The molecule has 0 amide bonds. The minimum atomic E-state index is -1.16. The van der Waals surface area contributed by atoms with E-state index in [0.29, 0.717) is 0 Å². The number of aliphatic hydroxyl groups is 1. The number of rotatable bonds is 2. The molecule has 0 fully saturated rings. The first-order chi connectivity index (χ1) is 7.93. The molecule has 1 aliphatic carbocycles. The van der Waals surface area contributed by atoms with Gasteiger partial charge >= 0.3 is 5.97 Å². The molecule has 0 heterocycles. The molecule has 2 rings (SSSR count). The smallest absolute Gasteiger partial charge is 0.335 e. The van der Waals surface area contributed by atoms with Crippen LogP contribution < -0.4 is 0 Å². The van der Waals surface area contributed by atoms with Crippen LogP contribution in [0.1, 0.15) is 33.2 Å². The second-order valence-corrected chi connectivity index (χ2v) is 3.67. The summed E-state index contributed by atoms with van der Waals surface area (Å²) in [7, 11) is 0. The first-order valence-corrected chi connectivity index (χ1v) is 4.80. The van der Waals surface area contributed by atoms with Gasteiger partial charge in [0.1, 0.15) is 11.3 Å². The van der Waals surface area contributed by atoms with Crippen molar-refractivity contribution in [3.8, 4) is 0 Å². The fourth-order valence-electron chi connectivity index (χ4n) is 1.77. The van der Waals surface area contributed by atoms with Crippen molar-refractivity contribution in [2.75, 3.05) is 0 Å². The Bertz CT molecular complexity index is 595. The molecule has 0 spiro atoms. The molecule has 0 aromatic heterocycles. The van der Waals surface area contributed by atoms with Gasteiger partial charge in [-0.15, -0.1) is 0 Å². The third kappa shape index (κ3) is 1.52. The fraction of sp³-hybridized carbons (Fsp3) is 0.0833. The lowest BCUT2D eigenvalue weighted by molar-refractivity contribution is -0.113. The zero-order valence-corrected chi connectivity index (χ0v) is 8.85. The Labute approximate surface area is 96.0 Å². The van der Waals surface area contributed by atoms with E-state index in [9.17, 15) is 19.5 Å². The molecule has 0 aliphatic heterocycles. The van der Waals surface area contributed by atoms with Crippen LogP contribution in [-0.4, -0.2) is 27.7 Å². The van der Waals surface area contributed by atoms with Crippen molar-refractivity contribution in [1.29, 1.82) is 0 Å². The highest BCUT2D eigenvalue weighted by molar-refractivity contribution is 6.33. The molecule has 17 heavy (non-hydrogen) atoms. The third-order valence-corrected chi connectivity index (χ3v) is 2.58. The Kier molecular flexibility index (Phi) is 2.31. The van der Waals surface area contributed by atoms with Gasteiger partial charge in [-0.1, -0.05) is 0 Å². The summed E-state index contributed by atoms with van der Waals surface area (Å²) in [5.41, 5.74) is -0.0896. The minimum absolute atomic E-state index is 0.0482. The maximum Gasteiger partial charge on any atom is 0.335 e. The number of Topliss-reactive ketones (excluding diaryl/α,β-unsaturated/α-hetero) is 2. The molecule has 0 radical (unpaired) electrons. The lowest BCUT2D eigenvalue weighted by atomic mass is 10.0. The van der Waals surface area contributed by atoms with E-state index in [1.807, 2.05) is 0 Å². The van der Waals surface area contributed by atoms with Gasteiger partial charge in [-0.05, 0) is 25.1 Å². The summed E-state index contributed by atoms with van der Waals surface area (Å²) in [6.07, 6.45) is 0. The molecule has 86 valence electrons. The molecular formula is C12H8O5. The Balaban J connectivity index is 2.66. The number of allylic oxidation sites excluding steroid dienone is 1. The summed E-state index contributed by atoms with van der Waals surface area (Å²) in [6, 6.07) is 3.74. The van der Waals surface area contributed by atoms with Gasteiger partial charge in [0, 0.05) is 11.1 Å². The van der Waals surface area contributed by atoms with Crippen LogP contribution in [0.25, 0.3) is 5.76 Å². The normalized spacial score (nSPS) is 13.8. The number of fused-ring (bicyclic) bond motifs is 1. The number of carboxylic acid groups (broad SMARTS) is 1. The lowest BCUT2D eigenvalue weighted by Gasteiger charge is -2.00. The highest BCUT2D eigenvalue weighted by atomic mass is 16.4. The number of carbonyl (C=O) groups excluding carboxylic acids is 2. The summed E-state index contributed by atoms with van der Waals surface area (Å²) in [6.45, 7) is 1.17.